The van der Waals surface area contributed by atoms with E-state index in [2.05, 4.69) is 5.32 Å². The van der Waals surface area contributed by atoms with Crippen LogP contribution in [0, 0.1) is 0 Å². The molecule has 3 aromatic rings. The van der Waals surface area contributed by atoms with Crippen molar-refractivity contribution in [2.45, 2.75) is 0 Å². The van der Waals surface area contributed by atoms with Gasteiger partial charge in [0, 0.05) is 5.69 Å². The summed E-state index contributed by atoms with van der Waals surface area (Å²) in [6.07, 6.45) is 0. The Morgan fingerprint density at radius 1 is 1.03 bits per heavy atom. The molecule has 0 atom stereocenters. The van der Waals surface area contributed by atoms with Crippen LogP contribution in [-0.2, 0) is 9.59 Å². The molecule has 0 aromatic heterocycles. The number of nitrogens with zero attached hydrogens (tertiary/aromatic N) is 1. The second-order valence-electron chi connectivity index (χ2n) is 6.95. The van der Waals surface area contributed by atoms with Crippen LogP contribution in [-0.4, -0.2) is 38.2 Å². The lowest BCUT2D eigenvalue weighted by Crippen LogP contribution is -2.41. The van der Waals surface area contributed by atoms with E-state index >= 15 is 0 Å². The van der Waals surface area contributed by atoms with Crippen molar-refractivity contribution < 1.29 is 23.8 Å². The molecule has 2 amide bonds. The Kier molecular flexibility index (Phi) is 6.77. The van der Waals surface area contributed by atoms with Crippen molar-refractivity contribution >= 4 is 34.8 Å². The first kappa shape index (κ1) is 21.5. The molecule has 8 heteroatoms. The molecule has 4 rings (SSSR count). The fraction of sp³-hybridized carbons (Fsp3) is 0.167. The van der Waals surface area contributed by atoms with Crippen LogP contribution in [0.1, 0.15) is 0 Å². The number of benzene rings is 3. The lowest BCUT2D eigenvalue weighted by Gasteiger charge is -2.29. The number of fused-ring (bicyclic) bond motifs is 1. The summed E-state index contributed by atoms with van der Waals surface area (Å²) in [6, 6.07) is 21.4. The zero-order valence-electron chi connectivity index (χ0n) is 17.1. The maximum absolute atomic E-state index is 12.4. The van der Waals surface area contributed by atoms with Gasteiger partial charge in [0.15, 0.2) is 13.2 Å². The van der Waals surface area contributed by atoms with Crippen molar-refractivity contribution in [1.29, 1.82) is 0 Å². The third kappa shape index (κ3) is 5.31. The fourth-order valence-corrected chi connectivity index (χ4v) is 3.39. The van der Waals surface area contributed by atoms with Crippen molar-refractivity contribution in [1.82, 2.24) is 0 Å². The molecule has 0 bridgehead atoms. The van der Waals surface area contributed by atoms with E-state index in [9.17, 15) is 9.59 Å². The highest BCUT2D eigenvalue weighted by molar-refractivity contribution is 6.32. The topological polar surface area (TPSA) is 77.1 Å². The first-order valence-corrected chi connectivity index (χ1v) is 10.4. The minimum absolute atomic E-state index is 0.0459. The van der Waals surface area contributed by atoms with Crippen LogP contribution in [0.3, 0.4) is 0 Å². The molecule has 0 fully saturated rings. The lowest BCUT2D eigenvalue weighted by atomic mass is 10.2. The largest absolute Gasteiger partial charge is 0.492 e. The van der Waals surface area contributed by atoms with Crippen LogP contribution in [0.4, 0.5) is 11.4 Å². The maximum atomic E-state index is 12.4. The first-order valence-electron chi connectivity index (χ1n) is 10.0. The Hall–Kier alpha value is -3.71. The zero-order valence-corrected chi connectivity index (χ0v) is 17.9. The second-order valence-corrected chi connectivity index (χ2v) is 7.35. The standard InChI is InChI=1S/C24H21ClN2O5/c25-19-8-4-5-9-21(19)31-15-23(28)26-17-10-11-22-20(14-17)27(24(29)16-32-22)12-13-30-18-6-2-1-3-7-18/h1-11,14H,12-13,15-16H2,(H,26,28). The Morgan fingerprint density at radius 2 is 1.81 bits per heavy atom. The quantitative estimate of drug-likeness (QED) is 0.555. The second kappa shape index (κ2) is 10.1. The van der Waals surface area contributed by atoms with Gasteiger partial charge in [0.05, 0.1) is 17.3 Å². The third-order valence-electron chi connectivity index (χ3n) is 4.71. The van der Waals surface area contributed by atoms with Gasteiger partial charge in [-0.25, -0.2) is 0 Å². The Balaban J connectivity index is 1.39. The molecule has 32 heavy (non-hydrogen) atoms. The van der Waals surface area contributed by atoms with E-state index in [-0.39, 0.29) is 25.0 Å². The number of amides is 2. The number of anilines is 2. The highest BCUT2D eigenvalue weighted by Gasteiger charge is 2.26. The number of halogens is 1. The van der Waals surface area contributed by atoms with Crippen molar-refractivity contribution in [3.63, 3.8) is 0 Å². The van der Waals surface area contributed by atoms with Crippen LogP contribution >= 0.6 is 11.6 Å². The number of nitrogens with one attached hydrogen (secondary N) is 1. The van der Waals surface area contributed by atoms with E-state index in [1.807, 2.05) is 30.3 Å². The summed E-state index contributed by atoms with van der Waals surface area (Å²) >= 11 is 6.04. The molecule has 0 radical (unpaired) electrons. The molecule has 164 valence electrons. The van der Waals surface area contributed by atoms with Crippen LogP contribution in [0.5, 0.6) is 17.2 Å². The molecule has 1 aliphatic heterocycles. The number of hydrogen-bond donors (Lipinski definition) is 1. The summed E-state index contributed by atoms with van der Waals surface area (Å²) in [4.78, 5) is 26.4. The van der Waals surface area contributed by atoms with Crippen molar-refractivity contribution in [2.24, 2.45) is 0 Å². The summed E-state index contributed by atoms with van der Waals surface area (Å²) in [5, 5.41) is 3.20. The monoisotopic (exact) mass is 452 g/mol. The Morgan fingerprint density at radius 3 is 2.62 bits per heavy atom. The van der Waals surface area contributed by atoms with Crippen LogP contribution in [0.25, 0.3) is 0 Å². The SMILES string of the molecule is O=C(COc1ccccc1Cl)Nc1ccc2c(c1)N(CCOc1ccccc1)C(=O)CO2. The molecule has 0 saturated heterocycles. The van der Waals surface area contributed by atoms with Gasteiger partial charge in [-0.3, -0.25) is 9.59 Å². The molecule has 0 spiro atoms. The molecule has 7 nitrogen and oxygen atoms in total. The molecule has 3 aromatic carbocycles. The van der Waals surface area contributed by atoms with E-state index in [1.54, 1.807) is 47.4 Å². The number of ether oxygens (including phenoxy) is 3. The van der Waals surface area contributed by atoms with Gasteiger partial charge in [0.2, 0.25) is 0 Å². The van der Waals surface area contributed by atoms with Gasteiger partial charge in [-0.2, -0.15) is 0 Å². The minimum atomic E-state index is -0.355. The zero-order chi connectivity index (χ0) is 22.3. The molecular formula is C24H21ClN2O5. The van der Waals surface area contributed by atoms with Gasteiger partial charge in [-0.15, -0.1) is 0 Å². The molecule has 1 N–H and O–H groups in total. The van der Waals surface area contributed by atoms with E-state index < -0.39 is 0 Å². The van der Waals surface area contributed by atoms with Crippen molar-refractivity contribution in [3.8, 4) is 17.2 Å². The van der Waals surface area contributed by atoms with E-state index in [0.29, 0.717) is 41.0 Å². The van der Waals surface area contributed by atoms with Gasteiger partial charge in [0.1, 0.15) is 23.9 Å². The summed E-state index contributed by atoms with van der Waals surface area (Å²) in [6.45, 7) is 0.412. The van der Waals surface area contributed by atoms with Crippen LogP contribution < -0.4 is 24.4 Å². The third-order valence-corrected chi connectivity index (χ3v) is 5.02. The predicted molar refractivity (Wildman–Crippen MR) is 122 cm³/mol. The Labute approximate surface area is 190 Å². The molecule has 0 aliphatic carbocycles. The Bertz CT molecular complexity index is 1110. The van der Waals surface area contributed by atoms with Gasteiger partial charge in [-0.05, 0) is 42.5 Å². The van der Waals surface area contributed by atoms with Crippen molar-refractivity contribution in [3.05, 3.63) is 77.8 Å². The summed E-state index contributed by atoms with van der Waals surface area (Å²) in [7, 11) is 0. The van der Waals surface area contributed by atoms with Crippen molar-refractivity contribution in [2.75, 3.05) is 36.6 Å². The number of rotatable bonds is 8. The maximum Gasteiger partial charge on any atom is 0.265 e. The van der Waals surface area contributed by atoms with Gasteiger partial charge in [-0.1, -0.05) is 41.9 Å². The molecule has 1 heterocycles. The highest BCUT2D eigenvalue weighted by atomic mass is 35.5. The minimum Gasteiger partial charge on any atom is -0.492 e. The number of carbonyl (C=O) groups is 2. The molecular weight excluding hydrogens is 432 g/mol. The molecule has 1 aliphatic rings. The fourth-order valence-electron chi connectivity index (χ4n) is 3.20. The average molecular weight is 453 g/mol. The van der Waals surface area contributed by atoms with Crippen LogP contribution in [0.15, 0.2) is 72.8 Å². The average Bonchev–Trinajstić information content (AvgIpc) is 2.81. The first-order chi connectivity index (χ1) is 15.6. The number of carbonyl (C=O) groups excluding carboxylic acids is 2. The number of para-hydroxylation sites is 2. The van der Waals surface area contributed by atoms with Gasteiger partial charge < -0.3 is 24.4 Å². The summed E-state index contributed by atoms with van der Waals surface area (Å²) in [5.74, 6) is 1.19. The lowest BCUT2D eigenvalue weighted by molar-refractivity contribution is -0.121. The normalized spacial score (nSPS) is 12.5. The highest BCUT2D eigenvalue weighted by Crippen LogP contribution is 2.34. The van der Waals surface area contributed by atoms with E-state index in [1.165, 1.54) is 0 Å². The molecule has 0 saturated carbocycles. The van der Waals surface area contributed by atoms with E-state index in [4.69, 9.17) is 25.8 Å². The predicted octanol–water partition coefficient (Wildman–Crippen LogP) is 4.16. The van der Waals surface area contributed by atoms with Crippen LogP contribution in [0.2, 0.25) is 5.02 Å². The summed E-state index contributed by atoms with van der Waals surface area (Å²) in [5.41, 5.74) is 1.09. The smallest absolute Gasteiger partial charge is 0.265 e. The van der Waals surface area contributed by atoms with Gasteiger partial charge >= 0.3 is 0 Å². The van der Waals surface area contributed by atoms with Gasteiger partial charge in [0.25, 0.3) is 11.8 Å². The molecule has 0 unspecified atom stereocenters. The van der Waals surface area contributed by atoms with E-state index in [0.717, 1.165) is 5.75 Å². The summed E-state index contributed by atoms with van der Waals surface area (Å²) < 4.78 is 16.7. The number of hydrogen-bond acceptors (Lipinski definition) is 5.